The quantitative estimate of drug-likeness (QED) is 0.308. The molecule has 0 aromatic heterocycles. The zero-order chi connectivity index (χ0) is 17.3. The van der Waals surface area contributed by atoms with Gasteiger partial charge >= 0.3 is 0 Å². The average Bonchev–Trinajstić information content (AvgIpc) is 2.51. The lowest BCUT2D eigenvalue weighted by molar-refractivity contribution is -0.119. The summed E-state index contributed by atoms with van der Waals surface area (Å²) in [6.07, 6.45) is 17.0. The molecule has 5 heteroatoms. The molecule has 0 aliphatic carbocycles. The Morgan fingerprint density at radius 3 is 1.65 bits per heavy atom. The fourth-order valence-electron chi connectivity index (χ4n) is 2.73. The van der Waals surface area contributed by atoms with Gasteiger partial charge < -0.3 is 10.3 Å². The summed E-state index contributed by atoms with van der Waals surface area (Å²) < 4.78 is 21.1. The Hall–Kier alpha value is -0.260. The fourth-order valence-corrected chi connectivity index (χ4v) is 3.06. The Labute approximate surface area is 145 Å². The molecule has 0 amide bonds. The van der Waals surface area contributed by atoms with Gasteiger partial charge in [-0.2, -0.15) is 0 Å². The molecular formula is C18H36NO3S-. The van der Waals surface area contributed by atoms with Gasteiger partial charge in [0.2, 0.25) is 0 Å². The molecule has 0 rings (SSSR count). The summed E-state index contributed by atoms with van der Waals surface area (Å²) in [5, 5.41) is -1.04. The number of carbonyl (C=O) groups is 1. The minimum atomic E-state index is -2.34. The van der Waals surface area contributed by atoms with E-state index in [0.29, 0.717) is 6.42 Å². The van der Waals surface area contributed by atoms with Crippen molar-refractivity contribution in [1.82, 2.24) is 0 Å². The number of nitrogens with two attached hydrogens (primary N) is 1. The van der Waals surface area contributed by atoms with Gasteiger partial charge in [0.15, 0.2) is 0 Å². The fraction of sp³-hybridized carbons (Fsp3) is 0.944. The molecule has 23 heavy (non-hydrogen) atoms. The van der Waals surface area contributed by atoms with Crippen LogP contribution >= 0.6 is 0 Å². The van der Waals surface area contributed by atoms with Crippen LogP contribution in [0.2, 0.25) is 0 Å². The molecule has 0 radical (unpaired) electrons. The normalized spacial score (nSPS) is 13.9. The van der Waals surface area contributed by atoms with Gasteiger partial charge in [-0.05, 0) is 17.5 Å². The van der Waals surface area contributed by atoms with Crippen LogP contribution in [0.1, 0.15) is 103 Å². The van der Waals surface area contributed by atoms with E-state index in [1.54, 1.807) is 0 Å². The Morgan fingerprint density at radius 2 is 1.26 bits per heavy atom. The van der Waals surface area contributed by atoms with Crippen LogP contribution in [0, 0.1) is 0 Å². The molecule has 0 aliphatic heterocycles. The van der Waals surface area contributed by atoms with Gasteiger partial charge in [0.1, 0.15) is 5.78 Å². The molecule has 0 heterocycles. The van der Waals surface area contributed by atoms with Crippen LogP contribution in [0.3, 0.4) is 0 Å². The largest absolute Gasteiger partial charge is 0.771 e. The highest BCUT2D eigenvalue weighted by Gasteiger charge is 2.09. The summed E-state index contributed by atoms with van der Waals surface area (Å²) in [5.74, 6) is -0.0372. The summed E-state index contributed by atoms with van der Waals surface area (Å²) in [4.78, 5) is 11.5. The molecule has 4 nitrogen and oxygen atoms in total. The molecule has 0 spiro atoms. The monoisotopic (exact) mass is 346 g/mol. The number of hydrogen-bond acceptors (Lipinski definition) is 4. The maximum atomic E-state index is 11.5. The van der Waals surface area contributed by atoms with Gasteiger partial charge in [0.05, 0.1) is 5.37 Å². The molecule has 0 fully saturated rings. The minimum absolute atomic E-state index is 0.0372. The summed E-state index contributed by atoms with van der Waals surface area (Å²) >= 11 is -2.34. The van der Waals surface area contributed by atoms with E-state index in [0.717, 1.165) is 12.8 Å². The smallest absolute Gasteiger partial charge is 0.135 e. The highest BCUT2D eigenvalue weighted by Crippen LogP contribution is 2.13. The number of Topliss-reactive ketones (excluding diaryl/α,β-unsaturated/α-hetero) is 1. The first kappa shape index (κ1) is 22.7. The van der Waals surface area contributed by atoms with E-state index in [9.17, 15) is 13.6 Å². The van der Waals surface area contributed by atoms with E-state index in [2.05, 4.69) is 6.92 Å². The van der Waals surface area contributed by atoms with Crippen LogP contribution in [-0.4, -0.2) is 19.9 Å². The van der Waals surface area contributed by atoms with Crippen molar-refractivity contribution in [2.24, 2.45) is 5.73 Å². The van der Waals surface area contributed by atoms with E-state index in [4.69, 9.17) is 5.73 Å². The van der Waals surface area contributed by atoms with Crippen LogP contribution in [0.4, 0.5) is 0 Å². The van der Waals surface area contributed by atoms with Crippen LogP contribution in [0.15, 0.2) is 0 Å². The topological polar surface area (TPSA) is 83.2 Å². The second-order valence-corrected chi connectivity index (χ2v) is 7.66. The van der Waals surface area contributed by atoms with Gasteiger partial charge in [0.25, 0.3) is 0 Å². The van der Waals surface area contributed by atoms with E-state index in [1.165, 1.54) is 70.6 Å². The first-order valence-corrected chi connectivity index (χ1v) is 10.6. The molecule has 2 atom stereocenters. The van der Waals surface area contributed by atoms with Crippen molar-refractivity contribution in [3.63, 3.8) is 0 Å². The van der Waals surface area contributed by atoms with Gasteiger partial charge in [-0.1, -0.05) is 84.0 Å². The molecule has 138 valence electrons. The molecule has 2 N–H and O–H groups in total. The van der Waals surface area contributed by atoms with Crippen LogP contribution in [0.5, 0.6) is 0 Å². The zero-order valence-corrected chi connectivity index (χ0v) is 15.7. The van der Waals surface area contributed by atoms with Gasteiger partial charge in [-0.15, -0.1) is 0 Å². The average molecular weight is 347 g/mol. The van der Waals surface area contributed by atoms with Crippen LogP contribution in [0.25, 0.3) is 0 Å². The summed E-state index contributed by atoms with van der Waals surface area (Å²) in [7, 11) is 0. The Bertz CT molecular complexity index is 311. The van der Waals surface area contributed by atoms with E-state index in [1.807, 2.05) is 0 Å². The number of hydrogen-bond donors (Lipinski definition) is 1. The van der Waals surface area contributed by atoms with E-state index < -0.39 is 16.5 Å². The van der Waals surface area contributed by atoms with E-state index >= 15 is 0 Å². The van der Waals surface area contributed by atoms with Crippen molar-refractivity contribution in [1.29, 1.82) is 0 Å². The SMILES string of the molecule is CCCCCCCCCCCCCCCC(=O)CC(N)S(=O)[O-]. The summed E-state index contributed by atoms with van der Waals surface area (Å²) in [6, 6.07) is 0. The molecule has 0 bridgehead atoms. The maximum absolute atomic E-state index is 11.5. The highest BCUT2D eigenvalue weighted by atomic mass is 32.2. The Morgan fingerprint density at radius 1 is 0.870 bits per heavy atom. The second-order valence-electron chi connectivity index (χ2n) is 6.53. The minimum Gasteiger partial charge on any atom is -0.771 e. The van der Waals surface area contributed by atoms with Crippen molar-refractivity contribution in [3.8, 4) is 0 Å². The van der Waals surface area contributed by atoms with E-state index in [-0.39, 0.29) is 12.2 Å². The number of unbranched alkanes of at least 4 members (excludes halogenated alkanes) is 12. The lowest BCUT2D eigenvalue weighted by Gasteiger charge is -2.13. The van der Waals surface area contributed by atoms with Crippen molar-refractivity contribution < 1.29 is 13.6 Å². The second kappa shape index (κ2) is 16.6. The lowest BCUT2D eigenvalue weighted by atomic mass is 10.0. The predicted octanol–water partition coefficient (Wildman–Crippen LogP) is 4.59. The highest BCUT2D eigenvalue weighted by molar-refractivity contribution is 7.79. The Balaban J connectivity index is 3.21. The third kappa shape index (κ3) is 16.4. The molecule has 2 unspecified atom stereocenters. The molecule has 0 saturated heterocycles. The molecule has 0 aromatic rings. The van der Waals surface area contributed by atoms with Crippen LogP contribution < -0.4 is 5.73 Å². The predicted molar refractivity (Wildman–Crippen MR) is 96.8 cm³/mol. The zero-order valence-electron chi connectivity index (χ0n) is 14.9. The summed E-state index contributed by atoms with van der Waals surface area (Å²) in [5.41, 5.74) is 5.33. The van der Waals surface area contributed by atoms with Crippen molar-refractivity contribution >= 4 is 16.9 Å². The first-order valence-electron chi connectivity index (χ1n) is 9.43. The molecule has 0 aliphatic rings. The number of rotatable bonds is 17. The Kier molecular flexibility index (Phi) is 16.4. The maximum Gasteiger partial charge on any atom is 0.135 e. The third-order valence-electron chi connectivity index (χ3n) is 4.24. The third-order valence-corrected chi connectivity index (χ3v) is 4.90. The lowest BCUT2D eigenvalue weighted by Crippen LogP contribution is -2.28. The van der Waals surface area contributed by atoms with Crippen molar-refractivity contribution in [2.75, 3.05) is 0 Å². The van der Waals surface area contributed by atoms with Gasteiger partial charge in [-0.3, -0.25) is 9.00 Å². The standard InChI is InChI=1S/C18H37NO3S/c1-2-3-4-5-6-7-8-9-10-11-12-13-14-15-17(20)16-18(19)23(21)22/h18H,2-16,19H2,1H3,(H,21,22)/p-1. The summed E-state index contributed by atoms with van der Waals surface area (Å²) in [6.45, 7) is 2.25. The molecular weight excluding hydrogens is 310 g/mol. The van der Waals surface area contributed by atoms with Gasteiger partial charge in [-0.25, -0.2) is 0 Å². The van der Waals surface area contributed by atoms with Crippen molar-refractivity contribution in [3.05, 3.63) is 0 Å². The first-order chi connectivity index (χ1) is 11.1. The van der Waals surface area contributed by atoms with Gasteiger partial charge in [0, 0.05) is 12.8 Å². The molecule has 0 saturated carbocycles. The number of carbonyl (C=O) groups excluding carboxylic acids is 1. The number of ketones is 1. The molecule has 0 aromatic carbocycles. The van der Waals surface area contributed by atoms with Crippen molar-refractivity contribution in [2.45, 2.75) is 109 Å². The van der Waals surface area contributed by atoms with Crippen LogP contribution in [-0.2, 0) is 15.9 Å².